The van der Waals surface area contributed by atoms with Gasteiger partial charge in [0.25, 0.3) is 5.91 Å². The molecule has 0 saturated heterocycles. The van der Waals surface area contributed by atoms with E-state index >= 15 is 0 Å². The normalized spacial score (nSPS) is 12.0. The number of carbonyl (C=O) groups excluding carboxylic acids is 1. The molecule has 1 aromatic carbocycles. The summed E-state index contributed by atoms with van der Waals surface area (Å²) < 4.78 is 26.8. The number of nitrogens with two attached hydrogens (primary N) is 1. The molecule has 1 aromatic rings. The summed E-state index contributed by atoms with van der Waals surface area (Å²) >= 11 is 0. The van der Waals surface area contributed by atoms with Crippen molar-refractivity contribution in [2.45, 2.75) is 20.8 Å². The van der Waals surface area contributed by atoms with Gasteiger partial charge >= 0.3 is 0 Å². The van der Waals surface area contributed by atoms with Gasteiger partial charge in [0.05, 0.1) is 17.0 Å². The lowest BCUT2D eigenvalue weighted by molar-refractivity contribution is 0.0955. The molecule has 0 aromatic heterocycles. The van der Waals surface area contributed by atoms with Gasteiger partial charge in [-0.15, -0.1) is 0 Å². The maximum Gasteiger partial charge on any atom is 0.253 e. The van der Waals surface area contributed by atoms with Crippen molar-refractivity contribution in [3.63, 3.8) is 0 Å². The minimum absolute atomic E-state index is 0.0290. The third kappa shape index (κ3) is 6.14. The summed E-state index contributed by atoms with van der Waals surface area (Å²) in [6, 6.07) is 6.49. The highest BCUT2D eigenvalue weighted by molar-refractivity contribution is 7.92. The summed E-state index contributed by atoms with van der Waals surface area (Å²) in [5.74, 6) is -0.381. The highest BCUT2D eigenvalue weighted by Gasteiger charge is 2.23. The summed E-state index contributed by atoms with van der Waals surface area (Å²) in [7, 11) is -3.52. The lowest BCUT2D eigenvalue weighted by Crippen LogP contribution is -2.31. The number of nitrogens with one attached hydrogen (secondary N) is 2. The van der Waals surface area contributed by atoms with Crippen LogP contribution in [0.1, 0.15) is 31.1 Å². The van der Waals surface area contributed by atoms with Crippen LogP contribution in [-0.2, 0) is 10.0 Å². The smallest absolute Gasteiger partial charge is 0.253 e. The van der Waals surface area contributed by atoms with Crippen molar-refractivity contribution >= 4 is 21.6 Å². The molecule has 0 spiro atoms. The van der Waals surface area contributed by atoms with Crippen molar-refractivity contribution in [3.05, 3.63) is 29.8 Å². The van der Waals surface area contributed by atoms with Gasteiger partial charge in [0.2, 0.25) is 10.0 Å². The fourth-order valence-electron chi connectivity index (χ4n) is 1.82. The Morgan fingerprint density at radius 1 is 1.24 bits per heavy atom. The Kier molecular flexibility index (Phi) is 5.74. The second-order valence-electron chi connectivity index (χ2n) is 6.01. The van der Waals surface area contributed by atoms with E-state index in [9.17, 15) is 13.2 Å². The standard InChI is InChI=1S/C14H23N3O3S/c1-14(2,3)10-21(19,20)17-12-7-5-4-6-11(12)13(18)16-9-8-15/h4-7,17H,8-10,15H2,1-3H3,(H,16,18). The lowest BCUT2D eigenvalue weighted by Gasteiger charge is -2.19. The van der Waals surface area contributed by atoms with Crippen LogP contribution >= 0.6 is 0 Å². The van der Waals surface area contributed by atoms with E-state index < -0.39 is 10.0 Å². The molecular weight excluding hydrogens is 290 g/mol. The molecular formula is C14H23N3O3S. The first-order chi connectivity index (χ1) is 9.64. The van der Waals surface area contributed by atoms with Crippen LogP contribution in [0.5, 0.6) is 0 Å². The predicted molar refractivity (Wildman–Crippen MR) is 84.7 cm³/mol. The molecule has 0 aliphatic rings. The van der Waals surface area contributed by atoms with Crippen molar-refractivity contribution in [2.75, 3.05) is 23.6 Å². The molecule has 0 fully saturated rings. The van der Waals surface area contributed by atoms with E-state index in [4.69, 9.17) is 5.73 Å². The van der Waals surface area contributed by atoms with Crippen molar-refractivity contribution in [3.8, 4) is 0 Å². The van der Waals surface area contributed by atoms with E-state index in [0.29, 0.717) is 13.1 Å². The molecule has 0 unspecified atom stereocenters. The number of rotatable bonds is 6. The second kappa shape index (κ2) is 6.91. The fraction of sp³-hybridized carbons (Fsp3) is 0.500. The molecule has 0 aliphatic carbocycles. The van der Waals surface area contributed by atoms with Gasteiger partial charge in [0.1, 0.15) is 0 Å². The number of sulfonamides is 1. The van der Waals surface area contributed by atoms with E-state index in [1.807, 2.05) is 20.8 Å². The molecule has 1 amide bonds. The molecule has 0 radical (unpaired) electrons. The third-order valence-electron chi connectivity index (χ3n) is 2.49. The molecule has 118 valence electrons. The monoisotopic (exact) mass is 313 g/mol. The van der Waals surface area contributed by atoms with Crippen molar-refractivity contribution in [1.82, 2.24) is 5.32 Å². The zero-order valence-corrected chi connectivity index (χ0v) is 13.5. The quantitative estimate of drug-likeness (QED) is 0.733. The Morgan fingerprint density at radius 3 is 2.43 bits per heavy atom. The van der Waals surface area contributed by atoms with Gasteiger partial charge in [-0.25, -0.2) is 8.42 Å². The Balaban J connectivity index is 2.96. The molecule has 0 atom stereocenters. The Bertz CT molecular complexity index is 592. The number of para-hydroxylation sites is 1. The summed E-state index contributed by atoms with van der Waals surface area (Å²) in [5, 5.41) is 2.62. The van der Waals surface area contributed by atoms with Gasteiger partial charge in [0, 0.05) is 13.1 Å². The summed E-state index contributed by atoms with van der Waals surface area (Å²) in [5.41, 5.74) is 5.52. The molecule has 0 bridgehead atoms. The van der Waals surface area contributed by atoms with Crippen LogP contribution in [0.25, 0.3) is 0 Å². The van der Waals surface area contributed by atoms with Gasteiger partial charge < -0.3 is 11.1 Å². The van der Waals surface area contributed by atoms with Crippen molar-refractivity contribution < 1.29 is 13.2 Å². The highest BCUT2D eigenvalue weighted by Crippen LogP contribution is 2.21. The minimum atomic E-state index is -3.52. The van der Waals surface area contributed by atoms with E-state index in [1.165, 1.54) is 0 Å². The highest BCUT2D eigenvalue weighted by atomic mass is 32.2. The third-order valence-corrected chi connectivity index (χ3v) is 4.27. The van der Waals surface area contributed by atoms with Crippen LogP contribution < -0.4 is 15.8 Å². The molecule has 0 heterocycles. The molecule has 1 rings (SSSR count). The number of benzene rings is 1. The molecule has 6 nitrogen and oxygen atoms in total. The zero-order chi connectivity index (χ0) is 16.1. The molecule has 0 aliphatic heterocycles. The topological polar surface area (TPSA) is 101 Å². The molecule has 4 N–H and O–H groups in total. The Morgan fingerprint density at radius 2 is 1.86 bits per heavy atom. The second-order valence-corrected chi connectivity index (χ2v) is 7.73. The van der Waals surface area contributed by atoms with Crippen molar-refractivity contribution in [2.24, 2.45) is 11.1 Å². The lowest BCUT2D eigenvalue weighted by atomic mass is 10.0. The van der Waals surface area contributed by atoms with Gasteiger partial charge in [-0.2, -0.15) is 0 Å². The zero-order valence-electron chi connectivity index (χ0n) is 12.6. The first-order valence-electron chi connectivity index (χ1n) is 6.72. The maximum atomic E-state index is 12.1. The van der Waals surface area contributed by atoms with Crippen LogP contribution in [0.15, 0.2) is 24.3 Å². The van der Waals surface area contributed by atoms with Gasteiger partial charge in [-0.05, 0) is 17.5 Å². The van der Waals surface area contributed by atoms with Crippen LogP contribution in [0.4, 0.5) is 5.69 Å². The first-order valence-corrected chi connectivity index (χ1v) is 8.38. The molecule has 21 heavy (non-hydrogen) atoms. The average molecular weight is 313 g/mol. The molecule has 0 saturated carbocycles. The summed E-state index contributed by atoms with van der Waals surface area (Å²) in [6.07, 6.45) is 0. The molecule has 7 heteroatoms. The predicted octanol–water partition coefficient (Wildman–Crippen LogP) is 1.16. The maximum absolute atomic E-state index is 12.1. The minimum Gasteiger partial charge on any atom is -0.351 e. The first kappa shape index (κ1) is 17.5. The van der Waals surface area contributed by atoms with E-state index in [2.05, 4.69) is 10.0 Å². The van der Waals surface area contributed by atoms with Crippen LogP contribution in [0, 0.1) is 5.41 Å². The number of carbonyl (C=O) groups is 1. The number of hydrogen-bond acceptors (Lipinski definition) is 4. The SMILES string of the molecule is CC(C)(C)CS(=O)(=O)Nc1ccccc1C(=O)NCCN. The number of hydrogen-bond donors (Lipinski definition) is 3. The van der Waals surface area contributed by atoms with Crippen LogP contribution in [0.3, 0.4) is 0 Å². The number of amides is 1. The summed E-state index contributed by atoms with van der Waals surface area (Å²) in [6.45, 7) is 6.18. The van der Waals surface area contributed by atoms with E-state index in [1.54, 1.807) is 24.3 Å². The van der Waals surface area contributed by atoms with Gasteiger partial charge in [0.15, 0.2) is 0 Å². The summed E-state index contributed by atoms with van der Waals surface area (Å²) in [4.78, 5) is 12.0. The van der Waals surface area contributed by atoms with Gasteiger partial charge in [-0.3, -0.25) is 9.52 Å². The Hall–Kier alpha value is -1.60. The van der Waals surface area contributed by atoms with Gasteiger partial charge in [-0.1, -0.05) is 32.9 Å². The average Bonchev–Trinajstić information content (AvgIpc) is 2.33. The fourth-order valence-corrected chi connectivity index (χ4v) is 3.55. The van der Waals surface area contributed by atoms with E-state index in [-0.39, 0.29) is 28.3 Å². The largest absolute Gasteiger partial charge is 0.351 e. The van der Waals surface area contributed by atoms with Crippen LogP contribution in [-0.4, -0.2) is 33.2 Å². The number of anilines is 1. The van der Waals surface area contributed by atoms with E-state index in [0.717, 1.165) is 0 Å². The van der Waals surface area contributed by atoms with Crippen LogP contribution in [0.2, 0.25) is 0 Å². The van der Waals surface area contributed by atoms with Crippen molar-refractivity contribution in [1.29, 1.82) is 0 Å². The Labute approximate surface area is 126 Å².